The Hall–Kier alpha value is -2.26. The van der Waals surface area contributed by atoms with Crippen LogP contribution in [0.25, 0.3) is 11.3 Å². The second-order valence-electron chi connectivity index (χ2n) is 3.86. The molecule has 0 aliphatic carbocycles. The molecule has 0 aliphatic heterocycles. The Labute approximate surface area is 133 Å². The molecular formula is C12H9BrN4O3S. The van der Waals surface area contributed by atoms with Crippen LogP contribution in [-0.2, 0) is 0 Å². The van der Waals surface area contributed by atoms with Crippen molar-refractivity contribution in [1.29, 1.82) is 0 Å². The molecule has 2 aromatic rings. The molecule has 0 amide bonds. The number of thiocarbonyl (C=S) groups is 1. The number of nitrogens with zero attached hydrogens (tertiary/aromatic N) is 2. The summed E-state index contributed by atoms with van der Waals surface area (Å²) in [6, 6.07) is 7.86. The lowest BCUT2D eigenvalue weighted by molar-refractivity contribution is -0.384. The van der Waals surface area contributed by atoms with Gasteiger partial charge in [0.05, 0.1) is 11.1 Å². The Kier molecular flexibility index (Phi) is 4.66. The average molecular weight is 369 g/mol. The number of nitro benzene ring substituents is 1. The van der Waals surface area contributed by atoms with E-state index in [0.717, 1.165) is 0 Å². The number of hydrazone groups is 1. The van der Waals surface area contributed by atoms with Crippen LogP contribution in [0.2, 0.25) is 0 Å². The molecule has 0 saturated carbocycles. The monoisotopic (exact) mass is 368 g/mol. The number of non-ortho nitro benzene ring substituents is 1. The van der Waals surface area contributed by atoms with Crippen molar-refractivity contribution >= 4 is 45.2 Å². The Balaban J connectivity index is 2.23. The van der Waals surface area contributed by atoms with Gasteiger partial charge in [-0.15, -0.1) is 0 Å². The van der Waals surface area contributed by atoms with Crippen LogP contribution >= 0.6 is 28.1 Å². The van der Waals surface area contributed by atoms with E-state index in [2.05, 4.69) is 38.7 Å². The van der Waals surface area contributed by atoms with E-state index in [1.165, 1.54) is 18.3 Å². The molecule has 9 heteroatoms. The second-order valence-corrected chi connectivity index (χ2v) is 5.15. The largest absolute Gasteiger partial charge is 0.455 e. The van der Waals surface area contributed by atoms with E-state index in [-0.39, 0.29) is 10.8 Å². The van der Waals surface area contributed by atoms with E-state index in [1.54, 1.807) is 18.2 Å². The van der Waals surface area contributed by atoms with E-state index >= 15 is 0 Å². The molecule has 2 rings (SSSR count). The molecular weight excluding hydrogens is 360 g/mol. The van der Waals surface area contributed by atoms with E-state index in [4.69, 9.17) is 10.2 Å². The van der Waals surface area contributed by atoms with Crippen LogP contribution in [0, 0.1) is 10.1 Å². The number of nitro groups is 1. The first kappa shape index (κ1) is 15.1. The van der Waals surface area contributed by atoms with Crippen LogP contribution in [-0.4, -0.2) is 16.3 Å². The molecule has 0 unspecified atom stereocenters. The minimum atomic E-state index is -0.462. The number of rotatable bonds is 4. The van der Waals surface area contributed by atoms with Gasteiger partial charge in [-0.2, -0.15) is 5.10 Å². The lowest BCUT2D eigenvalue weighted by atomic mass is 10.1. The number of halogens is 1. The van der Waals surface area contributed by atoms with Crippen molar-refractivity contribution in [3.8, 4) is 11.3 Å². The van der Waals surface area contributed by atoms with Gasteiger partial charge in [-0.3, -0.25) is 15.5 Å². The maximum absolute atomic E-state index is 10.7. The summed E-state index contributed by atoms with van der Waals surface area (Å²) < 4.78 is 6.12. The Morgan fingerprint density at radius 1 is 1.48 bits per heavy atom. The summed E-state index contributed by atoms with van der Waals surface area (Å²) in [6.07, 6.45) is 1.42. The highest BCUT2D eigenvalue weighted by Gasteiger charge is 2.12. The molecule has 0 bridgehead atoms. The highest BCUT2D eigenvalue weighted by molar-refractivity contribution is 9.10. The van der Waals surface area contributed by atoms with Gasteiger partial charge in [0.15, 0.2) is 5.11 Å². The van der Waals surface area contributed by atoms with E-state index in [9.17, 15) is 10.1 Å². The lowest BCUT2D eigenvalue weighted by Crippen LogP contribution is -2.23. The van der Waals surface area contributed by atoms with Gasteiger partial charge < -0.3 is 10.2 Å². The van der Waals surface area contributed by atoms with E-state index in [0.29, 0.717) is 21.6 Å². The molecule has 1 heterocycles. The van der Waals surface area contributed by atoms with Crippen molar-refractivity contribution in [1.82, 2.24) is 5.43 Å². The molecule has 21 heavy (non-hydrogen) atoms. The average Bonchev–Trinajstić information content (AvgIpc) is 2.86. The number of nitrogens with one attached hydrogen (secondary N) is 1. The van der Waals surface area contributed by atoms with Crippen LogP contribution in [0.15, 0.2) is 44.3 Å². The number of hydrogen-bond donors (Lipinski definition) is 2. The predicted molar refractivity (Wildman–Crippen MR) is 86.0 cm³/mol. The van der Waals surface area contributed by atoms with Crippen LogP contribution in [0.5, 0.6) is 0 Å². The molecule has 1 aromatic heterocycles. The Bertz CT molecular complexity index is 729. The summed E-state index contributed by atoms with van der Waals surface area (Å²) in [5.41, 5.74) is 8.33. The minimum Gasteiger partial charge on any atom is -0.455 e. The first-order chi connectivity index (χ1) is 9.97. The van der Waals surface area contributed by atoms with Gasteiger partial charge in [0.25, 0.3) is 5.69 Å². The van der Waals surface area contributed by atoms with Crippen LogP contribution in [0.4, 0.5) is 5.69 Å². The normalized spacial score (nSPS) is 10.7. The summed E-state index contributed by atoms with van der Waals surface area (Å²) in [5.74, 6) is 1.03. The summed E-state index contributed by atoms with van der Waals surface area (Å²) in [5, 5.41) is 14.5. The van der Waals surface area contributed by atoms with E-state index < -0.39 is 4.92 Å². The highest BCUT2D eigenvalue weighted by Crippen LogP contribution is 2.32. The van der Waals surface area contributed by atoms with Crippen molar-refractivity contribution in [3.63, 3.8) is 0 Å². The molecule has 7 nitrogen and oxygen atoms in total. The van der Waals surface area contributed by atoms with Crippen molar-refractivity contribution in [3.05, 3.63) is 50.7 Å². The molecule has 0 radical (unpaired) electrons. The summed E-state index contributed by atoms with van der Waals surface area (Å²) in [6.45, 7) is 0. The van der Waals surface area contributed by atoms with Gasteiger partial charge in [-0.25, -0.2) is 0 Å². The van der Waals surface area contributed by atoms with Gasteiger partial charge in [0.1, 0.15) is 11.5 Å². The third kappa shape index (κ3) is 3.86. The summed E-state index contributed by atoms with van der Waals surface area (Å²) in [4.78, 5) is 10.2. The van der Waals surface area contributed by atoms with Gasteiger partial charge >= 0.3 is 0 Å². The molecule has 108 valence electrons. The molecule has 1 aromatic carbocycles. The summed E-state index contributed by atoms with van der Waals surface area (Å²) in [7, 11) is 0. The van der Waals surface area contributed by atoms with E-state index in [1.807, 2.05) is 0 Å². The zero-order valence-electron chi connectivity index (χ0n) is 10.4. The number of hydrogen-bond acceptors (Lipinski definition) is 5. The molecule has 0 fully saturated rings. The fourth-order valence-electron chi connectivity index (χ4n) is 1.54. The van der Waals surface area contributed by atoms with Crippen LogP contribution in [0.3, 0.4) is 0 Å². The Morgan fingerprint density at radius 3 is 2.86 bits per heavy atom. The predicted octanol–water partition coefficient (Wildman–Crippen LogP) is 2.78. The fraction of sp³-hybridized carbons (Fsp3) is 0. The first-order valence-electron chi connectivity index (χ1n) is 5.60. The minimum absolute atomic E-state index is 0.000347. The third-order valence-electron chi connectivity index (χ3n) is 2.42. The van der Waals surface area contributed by atoms with Crippen molar-refractivity contribution in [2.75, 3.05) is 0 Å². The van der Waals surface area contributed by atoms with Crippen LogP contribution in [0.1, 0.15) is 5.76 Å². The molecule has 0 saturated heterocycles. The quantitative estimate of drug-likeness (QED) is 0.372. The molecule has 0 atom stereocenters. The zero-order chi connectivity index (χ0) is 15.4. The van der Waals surface area contributed by atoms with Gasteiger partial charge in [0.2, 0.25) is 0 Å². The molecule has 3 N–H and O–H groups in total. The number of benzene rings is 1. The van der Waals surface area contributed by atoms with Crippen molar-refractivity contribution in [2.45, 2.75) is 0 Å². The second kappa shape index (κ2) is 6.46. The lowest BCUT2D eigenvalue weighted by Gasteiger charge is -2.00. The van der Waals surface area contributed by atoms with Crippen molar-refractivity contribution in [2.24, 2.45) is 10.8 Å². The third-order valence-corrected chi connectivity index (χ3v) is 3.17. The zero-order valence-corrected chi connectivity index (χ0v) is 12.8. The SMILES string of the molecule is NC(=S)N/N=C/c1ccc(-c2ccc([N+](=O)[O-])cc2Br)o1. The standard InChI is InChI=1S/C12H9BrN4O3S/c13-10-5-7(17(18)19)1-3-9(10)11-4-2-8(20-11)6-15-16-12(14)21/h1-6H,(H3,14,16,21)/b15-6+. The molecule has 0 spiro atoms. The van der Waals surface area contributed by atoms with Gasteiger partial charge in [0, 0.05) is 22.2 Å². The maximum atomic E-state index is 10.7. The number of furan rings is 1. The smallest absolute Gasteiger partial charge is 0.270 e. The Morgan fingerprint density at radius 2 is 2.24 bits per heavy atom. The van der Waals surface area contributed by atoms with Crippen molar-refractivity contribution < 1.29 is 9.34 Å². The number of nitrogens with two attached hydrogens (primary N) is 1. The topological polar surface area (TPSA) is 107 Å². The van der Waals surface area contributed by atoms with Crippen LogP contribution < -0.4 is 11.2 Å². The fourth-order valence-corrected chi connectivity index (χ4v) is 2.16. The van der Waals surface area contributed by atoms with Gasteiger partial charge in [-0.05, 0) is 46.3 Å². The summed E-state index contributed by atoms with van der Waals surface area (Å²) >= 11 is 7.89. The molecule has 0 aliphatic rings. The maximum Gasteiger partial charge on any atom is 0.270 e. The first-order valence-corrected chi connectivity index (χ1v) is 6.80. The highest BCUT2D eigenvalue weighted by atomic mass is 79.9. The van der Waals surface area contributed by atoms with Gasteiger partial charge in [-0.1, -0.05) is 0 Å².